The molecule has 20 heavy (non-hydrogen) atoms. The molecule has 0 bridgehead atoms. The maximum Gasteiger partial charge on any atom is 0.277 e. The van der Waals surface area contributed by atoms with Gasteiger partial charge in [-0.1, -0.05) is 17.4 Å². The summed E-state index contributed by atoms with van der Waals surface area (Å²) >= 11 is 4.71. The highest BCUT2D eigenvalue weighted by molar-refractivity contribution is 7.80. The molecule has 1 aromatic heterocycles. The minimum atomic E-state index is -0.335. The summed E-state index contributed by atoms with van der Waals surface area (Å²) in [4.78, 5) is 12.1. The Hall–Kier alpha value is -2.41. The van der Waals surface area contributed by atoms with E-state index in [1.165, 1.54) is 0 Å². The van der Waals surface area contributed by atoms with Gasteiger partial charge in [0.25, 0.3) is 5.91 Å². The summed E-state index contributed by atoms with van der Waals surface area (Å²) in [6, 6.07) is 8.40. The molecule has 1 heterocycles. The number of carbonyl (C=O) groups is 1. The van der Waals surface area contributed by atoms with E-state index in [0.29, 0.717) is 17.2 Å². The molecule has 104 valence electrons. The Morgan fingerprint density at radius 2 is 2.15 bits per heavy atom. The van der Waals surface area contributed by atoms with Gasteiger partial charge in [0.1, 0.15) is 23.1 Å². The minimum absolute atomic E-state index is 0.180. The van der Waals surface area contributed by atoms with Crippen LogP contribution in [-0.4, -0.2) is 22.7 Å². The zero-order valence-electron chi connectivity index (χ0n) is 10.8. The fourth-order valence-electron chi connectivity index (χ4n) is 1.46. The van der Waals surface area contributed by atoms with Crippen LogP contribution in [0.1, 0.15) is 16.2 Å². The summed E-state index contributed by atoms with van der Waals surface area (Å²) in [6.07, 6.45) is 0. The topological polar surface area (TPSA) is 90.4 Å². The van der Waals surface area contributed by atoms with E-state index >= 15 is 0 Å². The lowest BCUT2D eigenvalue weighted by atomic mass is 10.3. The predicted molar refractivity (Wildman–Crippen MR) is 77.9 cm³/mol. The third kappa shape index (κ3) is 3.79. The Balaban J connectivity index is 1.96. The van der Waals surface area contributed by atoms with Gasteiger partial charge in [-0.25, -0.2) is 0 Å². The van der Waals surface area contributed by atoms with Crippen LogP contribution in [0.25, 0.3) is 0 Å². The van der Waals surface area contributed by atoms with Gasteiger partial charge in [0, 0.05) is 11.8 Å². The van der Waals surface area contributed by atoms with Gasteiger partial charge < -0.3 is 20.3 Å². The molecule has 2 rings (SSSR count). The zero-order valence-corrected chi connectivity index (χ0v) is 11.6. The number of carbonyl (C=O) groups excluding carboxylic acids is 1. The first kappa shape index (κ1) is 14.0. The number of aromatic nitrogens is 1. The first-order valence-electron chi connectivity index (χ1n) is 5.80. The Morgan fingerprint density at radius 3 is 2.70 bits per heavy atom. The molecule has 0 spiro atoms. The molecule has 6 nitrogen and oxygen atoms in total. The molecular weight excluding hydrogens is 278 g/mol. The number of amides is 1. The molecule has 1 amide bonds. The molecule has 0 fully saturated rings. The van der Waals surface area contributed by atoms with Crippen LogP contribution in [0.4, 0.5) is 5.69 Å². The molecule has 0 radical (unpaired) electrons. The van der Waals surface area contributed by atoms with E-state index in [-0.39, 0.29) is 23.2 Å². The summed E-state index contributed by atoms with van der Waals surface area (Å²) in [5.74, 6) is 0.864. The molecule has 0 aliphatic carbocycles. The first-order valence-corrected chi connectivity index (χ1v) is 6.21. The Kier molecular flexibility index (Phi) is 4.31. The number of hydrogen-bond donors (Lipinski definition) is 2. The molecule has 7 heteroatoms. The van der Waals surface area contributed by atoms with Crippen LogP contribution in [0.2, 0.25) is 0 Å². The largest absolute Gasteiger partial charge is 0.487 e. The van der Waals surface area contributed by atoms with Crippen LogP contribution in [0.3, 0.4) is 0 Å². The number of nitrogens with one attached hydrogen (secondary N) is 1. The maximum atomic E-state index is 11.8. The minimum Gasteiger partial charge on any atom is -0.487 e. The van der Waals surface area contributed by atoms with Gasteiger partial charge in [-0.3, -0.25) is 4.79 Å². The van der Waals surface area contributed by atoms with Gasteiger partial charge >= 0.3 is 0 Å². The molecule has 2 aromatic rings. The Morgan fingerprint density at radius 1 is 1.45 bits per heavy atom. The third-order valence-corrected chi connectivity index (χ3v) is 2.47. The Bertz CT molecular complexity index is 622. The van der Waals surface area contributed by atoms with Gasteiger partial charge in [-0.2, -0.15) is 0 Å². The highest BCUT2D eigenvalue weighted by Crippen LogP contribution is 2.16. The summed E-state index contributed by atoms with van der Waals surface area (Å²) in [5, 5.41) is 6.33. The van der Waals surface area contributed by atoms with Gasteiger partial charge in [-0.05, 0) is 31.2 Å². The average Bonchev–Trinajstić information content (AvgIpc) is 2.85. The van der Waals surface area contributed by atoms with Crippen molar-refractivity contribution in [1.29, 1.82) is 0 Å². The summed E-state index contributed by atoms with van der Waals surface area (Å²) < 4.78 is 10.2. The second-order valence-electron chi connectivity index (χ2n) is 4.06. The highest BCUT2D eigenvalue weighted by Gasteiger charge is 2.10. The number of hydrogen-bond acceptors (Lipinski definition) is 5. The smallest absolute Gasteiger partial charge is 0.277 e. The number of anilines is 1. The molecule has 0 aliphatic rings. The second-order valence-corrected chi connectivity index (χ2v) is 4.58. The van der Waals surface area contributed by atoms with Gasteiger partial charge in [-0.15, -0.1) is 0 Å². The maximum absolute atomic E-state index is 11.8. The molecule has 0 unspecified atom stereocenters. The van der Waals surface area contributed by atoms with Crippen LogP contribution < -0.4 is 15.8 Å². The number of ether oxygens (including phenoxy) is 1. The van der Waals surface area contributed by atoms with Crippen molar-refractivity contribution in [3.05, 3.63) is 41.8 Å². The normalized spacial score (nSPS) is 10.1. The number of rotatable bonds is 5. The zero-order chi connectivity index (χ0) is 14.5. The highest BCUT2D eigenvalue weighted by atomic mass is 32.1. The van der Waals surface area contributed by atoms with Crippen molar-refractivity contribution in [3.8, 4) is 5.75 Å². The standard InChI is InChI=1S/C13H13N3O3S/c1-8-6-11(16-19-8)13(17)15-9-2-4-10(5-3-9)18-7-12(14)20/h2-6H,7H2,1H3,(H2,14,20)(H,15,17). The molecular formula is C13H13N3O3S. The number of benzene rings is 1. The van der Waals surface area contributed by atoms with E-state index in [9.17, 15) is 4.79 Å². The second kappa shape index (κ2) is 6.16. The number of thiocarbonyl (C=S) groups is 1. The van der Waals surface area contributed by atoms with Gasteiger partial charge in [0.05, 0.1) is 0 Å². The fourth-order valence-corrected chi connectivity index (χ4v) is 1.52. The number of nitrogens with two attached hydrogens (primary N) is 1. The van der Waals surface area contributed by atoms with Crippen molar-refractivity contribution < 1.29 is 14.1 Å². The van der Waals surface area contributed by atoms with E-state index in [1.54, 1.807) is 37.3 Å². The van der Waals surface area contributed by atoms with E-state index in [4.69, 9.17) is 27.2 Å². The summed E-state index contributed by atoms with van der Waals surface area (Å²) in [6.45, 7) is 1.90. The molecule has 0 atom stereocenters. The lowest BCUT2D eigenvalue weighted by molar-refractivity contribution is 0.101. The van der Waals surface area contributed by atoms with E-state index in [0.717, 1.165) is 0 Å². The Labute approximate surface area is 120 Å². The molecule has 0 saturated heterocycles. The van der Waals surface area contributed by atoms with Crippen molar-refractivity contribution in [1.82, 2.24) is 5.16 Å². The van der Waals surface area contributed by atoms with E-state index < -0.39 is 0 Å². The number of nitrogens with zero attached hydrogens (tertiary/aromatic N) is 1. The van der Waals surface area contributed by atoms with Gasteiger partial charge in [0.15, 0.2) is 5.69 Å². The van der Waals surface area contributed by atoms with E-state index in [2.05, 4.69) is 10.5 Å². The molecule has 1 aromatic carbocycles. The lowest BCUT2D eigenvalue weighted by Gasteiger charge is -2.06. The molecule has 3 N–H and O–H groups in total. The summed E-state index contributed by atoms with van der Waals surface area (Å²) in [7, 11) is 0. The van der Waals surface area contributed by atoms with Crippen LogP contribution in [-0.2, 0) is 0 Å². The van der Waals surface area contributed by atoms with Crippen molar-refractivity contribution in [3.63, 3.8) is 0 Å². The van der Waals surface area contributed by atoms with Crippen LogP contribution in [0.5, 0.6) is 5.75 Å². The van der Waals surface area contributed by atoms with Crippen molar-refractivity contribution >= 4 is 28.8 Å². The summed E-state index contributed by atoms with van der Waals surface area (Å²) in [5.41, 5.74) is 6.19. The fraction of sp³-hybridized carbons (Fsp3) is 0.154. The monoisotopic (exact) mass is 291 g/mol. The lowest BCUT2D eigenvalue weighted by Crippen LogP contribution is -2.17. The van der Waals surface area contributed by atoms with Crippen molar-refractivity contribution in [2.45, 2.75) is 6.92 Å². The van der Waals surface area contributed by atoms with E-state index in [1.807, 2.05) is 0 Å². The van der Waals surface area contributed by atoms with Crippen molar-refractivity contribution in [2.75, 3.05) is 11.9 Å². The van der Waals surface area contributed by atoms with Crippen molar-refractivity contribution in [2.24, 2.45) is 5.73 Å². The number of aryl methyl sites for hydroxylation is 1. The van der Waals surface area contributed by atoms with Crippen LogP contribution >= 0.6 is 12.2 Å². The predicted octanol–water partition coefficient (Wildman–Crippen LogP) is 1.90. The molecule has 0 saturated carbocycles. The van der Waals surface area contributed by atoms with Gasteiger partial charge in [0.2, 0.25) is 0 Å². The van der Waals surface area contributed by atoms with Crippen LogP contribution in [0.15, 0.2) is 34.9 Å². The first-order chi connectivity index (χ1) is 9.54. The molecule has 0 aliphatic heterocycles. The third-order valence-electron chi connectivity index (χ3n) is 2.35. The quantitative estimate of drug-likeness (QED) is 0.818. The SMILES string of the molecule is Cc1cc(C(=O)Nc2ccc(OCC(N)=S)cc2)no1. The average molecular weight is 291 g/mol. The van der Waals surface area contributed by atoms with Crippen LogP contribution in [0, 0.1) is 6.92 Å².